The molecule has 0 radical (unpaired) electrons. The summed E-state index contributed by atoms with van der Waals surface area (Å²) in [6, 6.07) is 75.8. The van der Waals surface area contributed by atoms with Crippen molar-refractivity contribution in [1.29, 1.82) is 0 Å². The summed E-state index contributed by atoms with van der Waals surface area (Å²) in [5, 5.41) is 11.9. The number of para-hydroxylation sites is 2. The second-order valence-corrected chi connectivity index (χ2v) is 16.0. The molecule has 5 nitrogen and oxygen atoms in total. The molecule has 5 heteroatoms. The van der Waals surface area contributed by atoms with Crippen LogP contribution in [-0.4, -0.2) is 24.1 Å². The lowest BCUT2D eigenvalue weighted by Crippen LogP contribution is -2.01. The van der Waals surface area contributed by atoms with Crippen LogP contribution in [0.3, 0.4) is 0 Å². The number of aromatic nitrogens is 5. The van der Waals surface area contributed by atoms with Crippen molar-refractivity contribution in [3.05, 3.63) is 212 Å². The van der Waals surface area contributed by atoms with Crippen molar-refractivity contribution in [3.63, 3.8) is 0 Å². The van der Waals surface area contributed by atoms with Crippen molar-refractivity contribution in [3.8, 4) is 45.5 Å². The van der Waals surface area contributed by atoms with E-state index in [-0.39, 0.29) is 0 Å². The Hall–Kier alpha value is -8.41. The molecule has 0 N–H and O–H groups in total. The van der Waals surface area contributed by atoms with E-state index in [9.17, 15) is 0 Å². The van der Waals surface area contributed by atoms with Gasteiger partial charge in [-0.15, -0.1) is 0 Å². The second-order valence-electron chi connectivity index (χ2n) is 16.0. The van der Waals surface area contributed by atoms with E-state index in [4.69, 9.17) is 15.0 Å². The number of benzene rings is 10. The number of nitrogens with zero attached hydrogens (tertiary/aromatic N) is 5. The first-order chi connectivity index (χ1) is 30.7. The van der Waals surface area contributed by atoms with Crippen molar-refractivity contribution in [2.75, 3.05) is 0 Å². The fourth-order valence-electron chi connectivity index (χ4n) is 9.71. The van der Waals surface area contributed by atoms with Gasteiger partial charge in [-0.05, 0) is 64.0 Å². The summed E-state index contributed by atoms with van der Waals surface area (Å²) in [4.78, 5) is 15.4. The maximum Gasteiger partial charge on any atom is 0.164 e. The summed E-state index contributed by atoms with van der Waals surface area (Å²) in [5.74, 6) is 1.93. The van der Waals surface area contributed by atoms with Gasteiger partial charge in [0.2, 0.25) is 0 Å². The van der Waals surface area contributed by atoms with Crippen LogP contribution in [0.1, 0.15) is 0 Å². The molecule has 0 saturated heterocycles. The van der Waals surface area contributed by atoms with Gasteiger partial charge in [0.15, 0.2) is 17.5 Å². The monoisotopic (exact) mass is 789 g/mol. The Bertz CT molecular complexity index is 3910. The lowest BCUT2D eigenvalue weighted by molar-refractivity contribution is 1.08. The minimum absolute atomic E-state index is 0.634. The van der Waals surface area contributed by atoms with Crippen LogP contribution in [-0.2, 0) is 0 Å². The molecular weight excluding hydrogens is 755 g/mol. The van der Waals surface area contributed by atoms with Gasteiger partial charge in [-0.1, -0.05) is 170 Å². The maximum atomic E-state index is 5.18. The van der Waals surface area contributed by atoms with E-state index in [0.29, 0.717) is 17.5 Å². The maximum absolute atomic E-state index is 5.18. The highest BCUT2D eigenvalue weighted by atomic mass is 15.0. The first-order valence-corrected chi connectivity index (χ1v) is 21.0. The van der Waals surface area contributed by atoms with E-state index in [1.54, 1.807) is 0 Å². The third kappa shape index (κ3) is 5.25. The molecule has 3 aromatic heterocycles. The summed E-state index contributed by atoms with van der Waals surface area (Å²) in [6.45, 7) is 0. The molecule has 288 valence electrons. The first kappa shape index (κ1) is 34.5. The average Bonchev–Trinajstić information content (AvgIpc) is 3.85. The SMILES string of the molecule is c1ccc(-c2nc(-c3ccc4c(-n5c6ccccc6c6cc7c8ccc9ccccc9c8n(-c8ccccc8)c7cc65)cccc4c3)nc(-c3cccc4ccccc34)n2)cc1. The molecule has 13 rings (SSSR count). The van der Waals surface area contributed by atoms with E-state index in [1.165, 1.54) is 43.4 Å². The van der Waals surface area contributed by atoms with E-state index >= 15 is 0 Å². The van der Waals surface area contributed by atoms with Crippen LogP contribution in [0.4, 0.5) is 0 Å². The van der Waals surface area contributed by atoms with Gasteiger partial charge in [-0.25, -0.2) is 15.0 Å². The van der Waals surface area contributed by atoms with Crippen LogP contribution < -0.4 is 0 Å². The topological polar surface area (TPSA) is 48.5 Å². The molecule has 0 amide bonds. The summed E-state index contributed by atoms with van der Waals surface area (Å²) >= 11 is 0. The highest BCUT2D eigenvalue weighted by molar-refractivity contribution is 6.23. The fraction of sp³-hybridized carbons (Fsp3) is 0. The Morgan fingerprint density at radius 3 is 1.73 bits per heavy atom. The highest BCUT2D eigenvalue weighted by Crippen LogP contribution is 2.43. The normalized spacial score (nSPS) is 11.9. The van der Waals surface area contributed by atoms with Gasteiger partial charge in [0.05, 0.1) is 27.8 Å². The third-order valence-corrected chi connectivity index (χ3v) is 12.5. The predicted octanol–water partition coefficient (Wildman–Crippen LogP) is 14.5. The van der Waals surface area contributed by atoms with E-state index in [0.717, 1.165) is 60.6 Å². The number of hydrogen-bond acceptors (Lipinski definition) is 3. The summed E-state index contributed by atoms with van der Waals surface area (Å²) in [7, 11) is 0. The quantitative estimate of drug-likeness (QED) is 0.174. The van der Waals surface area contributed by atoms with Gasteiger partial charge in [0.25, 0.3) is 0 Å². The third-order valence-electron chi connectivity index (χ3n) is 12.5. The van der Waals surface area contributed by atoms with Crippen LogP contribution >= 0.6 is 0 Å². The van der Waals surface area contributed by atoms with Gasteiger partial charge >= 0.3 is 0 Å². The zero-order chi connectivity index (χ0) is 40.7. The molecule has 62 heavy (non-hydrogen) atoms. The van der Waals surface area contributed by atoms with Crippen molar-refractivity contribution in [1.82, 2.24) is 24.1 Å². The molecule has 0 atom stereocenters. The smallest absolute Gasteiger partial charge is 0.164 e. The largest absolute Gasteiger partial charge is 0.309 e. The average molecular weight is 790 g/mol. The number of hydrogen-bond donors (Lipinski definition) is 0. The van der Waals surface area contributed by atoms with E-state index in [1.807, 2.05) is 18.2 Å². The molecule has 0 fully saturated rings. The van der Waals surface area contributed by atoms with Gasteiger partial charge in [0, 0.05) is 54.7 Å². The molecule has 3 heterocycles. The Kier molecular flexibility index (Phi) is 7.54. The zero-order valence-electron chi connectivity index (χ0n) is 33.4. The zero-order valence-corrected chi connectivity index (χ0v) is 33.4. The Morgan fingerprint density at radius 2 is 0.887 bits per heavy atom. The lowest BCUT2D eigenvalue weighted by Gasteiger charge is -2.14. The van der Waals surface area contributed by atoms with Crippen LogP contribution in [0.5, 0.6) is 0 Å². The van der Waals surface area contributed by atoms with Crippen molar-refractivity contribution in [2.45, 2.75) is 0 Å². The standard InChI is InChI=1S/C57H35N5/c1-3-17-38(18-4-1)55-58-56(60-57(59-55)47-26-13-19-36-15-7-9-23-42(36)47)40-30-31-43-39(33-40)20-14-28-50(43)62-51-27-12-11-25-45(51)48-34-49-46-32-29-37-16-8-10-24-44(37)54(46)61(52(49)35-53(48)62)41-21-5-2-6-22-41/h1-35H. The molecule has 0 spiro atoms. The molecule has 0 aliphatic carbocycles. The summed E-state index contributed by atoms with van der Waals surface area (Å²) < 4.78 is 4.90. The Morgan fingerprint density at radius 1 is 0.290 bits per heavy atom. The van der Waals surface area contributed by atoms with Crippen molar-refractivity contribution < 1.29 is 0 Å². The molecule has 0 aliphatic rings. The van der Waals surface area contributed by atoms with E-state index < -0.39 is 0 Å². The Balaban J connectivity index is 1.04. The minimum Gasteiger partial charge on any atom is -0.309 e. The van der Waals surface area contributed by atoms with Crippen LogP contribution in [0.2, 0.25) is 0 Å². The van der Waals surface area contributed by atoms with Crippen LogP contribution in [0.25, 0.3) is 121 Å². The first-order valence-electron chi connectivity index (χ1n) is 21.0. The van der Waals surface area contributed by atoms with E-state index in [2.05, 4.69) is 203 Å². The second kappa shape index (κ2) is 13.6. The highest BCUT2D eigenvalue weighted by Gasteiger charge is 2.21. The Labute approximate surface area is 356 Å². The lowest BCUT2D eigenvalue weighted by atomic mass is 10.0. The van der Waals surface area contributed by atoms with Gasteiger partial charge in [-0.3, -0.25) is 0 Å². The molecule has 0 aliphatic heterocycles. The molecule has 0 unspecified atom stereocenters. The number of rotatable bonds is 5. The minimum atomic E-state index is 0.634. The van der Waals surface area contributed by atoms with Gasteiger partial charge in [0.1, 0.15) is 0 Å². The molecular formula is C57H35N5. The van der Waals surface area contributed by atoms with Crippen molar-refractivity contribution in [2.24, 2.45) is 0 Å². The fourth-order valence-corrected chi connectivity index (χ4v) is 9.71. The molecule has 13 aromatic rings. The van der Waals surface area contributed by atoms with Crippen LogP contribution in [0.15, 0.2) is 212 Å². The summed E-state index contributed by atoms with van der Waals surface area (Å²) in [6.07, 6.45) is 0. The molecule has 0 saturated carbocycles. The van der Waals surface area contributed by atoms with Crippen LogP contribution in [0, 0.1) is 0 Å². The summed E-state index contributed by atoms with van der Waals surface area (Å²) in [5.41, 5.74) is 9.83. The number of fused-ring (bicyclic) bond motifs is 10. The molecule has 10 aromatic carbocycles. The predicted molar refractivity (Wildman–Crippen MR) is 257 cm³/mol. The van der Waals surface area contributed by atoms with Crippen molar-refractivity contribution >= 4 is 75.9 Å². The molecule has 0 bridgehead atoms. The van der Waals surface area contributed by atoms with Gasteiger partial charge < -0.3 is 9.13 Å². The van der Waals surface area contributed by atoms with Gasteiger partial charge in [-0.2, -0.15) is 0 Å².